The standard InChI is InChI=1S/C10H12BrF2NO/c1-10(14,9(12)13)6-4-3-5-7(15-2)8(6)11/h3-5,9H,14H2,1-2H3. The lowest BCUT2D eigenvalue weighted by Gasteiger charge is -2.25. The van der Waals surface area contributed by atoms with Crippen LogP contribution in [0.1, 0.15) is 12.5 Å². The van der Waals surface area contributed by atoms with Crippen molar-refractivity contribution in [3.63, 3.8) is 0 Å². The maximum Gasteiger partial charge on any atom is 0.260 e. The number of ether oxygens (including phenoxy) is 1. The summed E-state index contributed by atoms with van der Waals surface area (Å²) >= 11 is 3.21. The van der Waals surface area contributed by atoms with E-state index in [1.54, 1.807) is 18.2 Å². The van der Waals surface area contributed by atoms with E-state index in [1.165, 1.54) is 14.0 Å². The lowest BCUT2D eigenvalue weighted by Crippen LogP contribution is -2.40. The molecule has 0 saturated carbocycles. The number of methoxy groups -OCH3 is 1. The Kier molecular flexibility index (Phi) is 3.67. The third kappa shape index (κ3) is 2.29. The van der Waals surface area contributed by atoms with Crippen molar-refractivity contribution in [2.24, 2.45) is 5.73 Å². The maximum atomic E-state index is 12.7. The Balaban J connectivity index is 3.26. The molecule has 0 aliphatic heterocycles. The van der Waals surface area contributed by atoms with Crippen LogP contribution in [0.25, 0.3) is 0 Å². The van der Waals surface area contributed by atoms with Gasteiger partial charge in [0, 0.05) is 0 Å². The van der Waals surface area contributed by atoms with Crippen LogP contribution >= 0.6 is 15.9 Å². The van der Waals surface area contributed by atoms with E-state index in [2.05, 4.69) is 15.9 Å². The van der Waals surface area contributed by atoms with Gasteiger partial charge in [-0.3, -0.25) is 0 Å². The minimum atomic E-state index is -2.64. The van der Waals surface area contributed by atoms with Crippen LogP contribution in [-0.4, -0.2) is 13.5 Å². The molecule has 0 saturated heterocycles. The van der Waals surface area contributed by atoms with Crippen LogP contribution in [0.15, 0.2) is 22.7 Å². The first-order valence-electron chi connectivity index (χ1n) is 4.31. The van der Waals surface area contributed by atoms with Crippen molar-refractivity contribution >= 4 is 15.9 Å². The smallest absolute Gasteiger partial charge is 0.260 e. The predicted octanol–water partition coefficient (Wildman–Crippen LogP) is 2.90. The summed E-state index contributed by atoms with van der Waals surface area (Å²) in [6.45, 7) is 1.29. The first-order chi connectivity index (χ1) is 6.91. The second-order valence-corrected chi connectivity index (χ2v) is 4.20. The van der Waals surface area contributed by atoms with Gasteiger partial charge in [-0.2, -0.15) is 0 Å². The Labute approximate surface area is 95.5 Å². The largest absolute Gasteiger partial charge is 0.496 e. The molecule has 1 atom stereocenters. The molecular formula is C10H12BrF2NO. The van der Waals surface area contributed by atoms with Gasteiger partial charge in [0.25, 0.3) is 6.43 Å². The van der Waals surface area contributed by atoms with Crippen molar-refractivity contribution in [1.82, 2.24) is 0 Å². The highest BCUT2D eigenvalue weighted by molar-refractivity contribution is 9.10. The molecule has 15 heavy (non-hydrogen) atoms. The molecule has 5 heteroatoms. The number of alkyl halides is 2. The van der Waals surface area contributed by atoms with Gasteiger partial charge in [-0.25, -0.2) is 8.78 Å². The van der Waals surface area contributed by atoms with E-state index in [0.717, 1.165) is 0 Å². The van der Waals surface area contributed by atoms with Crippen LogP contribution in [0.3, 0.4) is 0 Å². The van der Waals surface area contributed by atoms with E-state index in [4.69, 9.17) is 10.5 Å². The quantitative estimate of drug-likeness (QED) is 0.924. The number of benzene rings is 1. The fraction of sp³-hybridized carbons (Fsp3) is 0.400. The van der Waals surface area contributed by atoms with Crippen LogP contribution < -0.4 is 10.5 Å². The van der Waals surface area contributed by atoms with Gasteiger partial charge in [-0.05, 0) is 34.5 Å². The summed E-state index contributed by atoms with van der Waals surface area (Å²) in [5.74, 6) is 0.491. The SMILES string of the molecule is COc1cccc(C(C)(N)C(F)F)c1Br. The fourth-order valence-electron chi connectivity index (χ4n) is 1.20. The third-order valence-electron chi connectivity index (χ3n) is 2.22. The summed E-state index contributed by atoms with van der Waals surface area (Å²) in [5, 5.41) is 0. The van der Waals surface area contributed by atoms with Crippen molar-refractivity contribution in [2.75, 3.05) is 7.11 Å². The van der Waals surface area contributed by atoms with Gasteiger partial charge in [0.1, 0.15) is 11.3 Å². The minimum absolute atomic E-state index is 0.330. The summed E-state index contributed by atoms with van der Waals surface area (Å²) in [5.41, 5.74) is 4.21. The molecule has 84 valence electrons. The first kappa shape index (κ1) is 12.4. The number of nitrogens with two attached hydrogens (primary N) is 1. The van der Waals surface area contributed by atoms with Crippen molar-refractivity contribution in [2.45, 2.75) is 18.9 Å². The number of hydrogen-bond acceptors (Lipinski definition) is 2. The van der Waals surface area contributed by atoms with Crippen molar-refractivity contribution in [1.29, 1.82) is 0 Å². The average molecular weight is 280 g/mol. The summed E-state index contributed by atoms with van der Waals surface area (Å²) in [7, 11) is 1.47. The zero-order chi connectivity index (χ0) is 11.6. The highest BCUT2D eigenvalue weighted by Crippen LogP contribution is 2.36. The van der Waals surface area contributed by atoms with E-state index in [-0.39, 0.29) is 0 Å². The summed E-state index contributed by atoms with van der Waals surface area (Å²) in [6.07, 6.45) is -2.64. The van der Waals surface area contributed by atoms with Gasteiger partial charge < -0.3 is 10.5 Å². The van der Waals surface area contributed by atoms with E-state index >= 15 is 0 Å². The van der Waals surface area contributed by atoms with E-state index in [9.17, 15) is 8.78 Å². The fourth-order valence-corrected chi connectivity index (χ4v) is 2.06. The van der Waals surface area contributed by atoms with Gasteiger partial charge in [0.15, 0.2) is 0 Å². The molecule has 0 fully saturated rings. The van der Waals surface area contributed by atoms with E-state index < -0.39 is 12.0 Å². The summed E-state index contributed by atoms with van der Waals surface area (Å²) in [6, 6.07) is 4.86. The van der Waals surface area contributed by atoms with Gasteiger partial charge in [-0.1, -0.05) is 12.1 Å². The molecule has 1 aromatic carbocycles. The van der Waals surface area contributed by atoms with Gasteiger partial charge in [-0.15, -0.1) is 0 Å². The lowest BCUT2D eigenvalue weighted by atomic mass is 9.93. The van der Waals surface area contributed by atoms with Crippen LogP contribution in [0.4, 0.5) is 8.78 Å². The molecule has 1 rings (SSSR count). The van der Waals surface area contributed by atoms with Gasteiger partial charge >= 0.3 is 0 Å². The summed E-state index contributed by atoms with van der Waals surface area (Å²) < 4.78 is 30.9. The minimum Gasteiger partial charge on any atom is -0.496 e. The highest BCUT2D eigenvalue weighted by atomic mass is 79.9. The number of halogens is 3. The molecule has 2 nitrogen and oxygen atoms in total. The maximum absolute atomic E-state index is 12.7. The van der Waals surface area contributed by atoms with Gasteiger partial charge in [0.2, 0.25) is 0 Å². The van der Waals surface area contributed by atoms with Crippen LogP contribution in [0.2, 0.25) is 0 Å². The molecule has 1 aromatic rings. The molecule has 1 unspecified atom stereocenters. The number of rotatable bonds is 3. The zero-order valence-electron chi connectivity index (χ0n) is 8.43. The second kappa shape index (κ2) is 4.45. The second-order valence-electron chi connectivity index (χ2n) is 3.41. The van der Waals surface area contributed by atoms with Crippen LogP contribution in [0.5, 0.6) is 5.75 Å². The Bertz CT molecular complexity index is 355. The number of hydrogen-bond donors (Lipinski definition) is 1. The predicted molar refractivity (Wildman–Crippen MR) is 58.2 cm³/mol. The third-order valence-corrected chi connectivity index (χ3v) is 3.03. The van der Waals surface area contributed by atoms with Crippen molar-refractivity contribution in [3.05, 3.63) is 28.2 Å². The molecule has 0 amide bonds. The normalized spacial score (nSPS) is 15.1. The van der Waals surface area contributed by atoms with Crippen LogP contribution in [0, 0.1) is 0 Å². The van der Waals surface area contributed by atoms with Gasteiger partial charge in [0.05, 0.1) is 11.6 Å². The molecule has 0 aromatic heterocycles. The van der Waals surface area contributed by atoms with Crippen molar-refractivity contribution < 1.29 is 13.5 Å². The van der Waals surface area contributed by atoms with Crippen molar-refractivity contribution in [3.8, 4) is 5.75 Å². The van der Waals surface area contributed by atoms with E-state index in [1.807, 2.05) is 0 Å². The Morgan fingerprint density at radius 1 is 1.47 bits per heavy atom. The first-order valence-corrected chi connectivity index (χ1v) is 5.10. The summed E-state index contributed by atoms with van der Waals surface area (Å²) in [4.78, 5) is 0. The molecule has 0 bridgehead atoms. The molecular weight excluding hydrogens is 268 g/mol. The Morgan fingerprint density at radius 3 is 2.53 bits per heavy atom. The molecule has 2 N–H and O–H groups in total. The monoisotopic (exact) mass is 279 g/mol. The molecule has 0 aliphatic rings. The molecule has 0 aliphatic carbocycles. The molecule has 0 heterocycles. The average Bonchev–Trinajstić information content (AvgIpc) is 2.17. The zero-order valence-corrected chi connectivity index (χ0v) is 10.0. The van der Waals surface area contributed by atoms with Crippen LogP contribution in [-0.2, 0) is 5.54 Å². The molecule has 0 spiro atoms. The molecule has 0 radical (unpaired) electrons. The topological polar surface area (TPSA) is 35.2 Å². The Morgan fingerprint density at radius 2 is 2.07 bits per heavy atom. The highest BCUT2D eigenvalue weighted by Gasteiger charge is 2.34. The Hall–Kier alpha value is -0.680. The van der Waals surface area contributed by atoms with E-state index in [0.29, 0.717) is 15.8 Å². The lowest BCUT2D eigenvalue weighted by molar-refractivity contribution is 0.0620.